The van der Waals surface area contributed by atoms with Crippen LogP contribution in [0.4, 0.5) is 0 Å². The Hall–Kier alpha value is -1.63. The number of hydrogen-bond acceptors (Lipinski definition) is 5. The van der Waals surface area contributed by atoms with Gasteiger partial charge in [0.2, 0.25) is 5.90 Å². The lowest BCUT2D eigenvalue weighted by Crippen LogP contribution is -2.06. The molecule has 0 aromatic heterocycles. The van der Waals surface area contributed by atoms with Crippen molar-refractivity contribution < 1.29 is 19.0 Å². The second-order valence-electron chi connectivity index (χ2n) is 7.10. The third-order valence-electron chi connectivity index (χ3n) is 4.74. The van der Waals surface area contributed by atoms with Gasteiger partial charge in [-0.15, -0.1) is 0 Å². The van der Waals surface area contributed by atoms with Crippen LogP contribution in [-0.2, 0) is 16.1 Å². The van der Waals surface area contributed by atoms with E-state index in [1.165, 1.54) is 0 Å². The summed E-state index contributed by atoms with van der Waals surface area (Å²) in [5.74, 6) is 0.883. The minimum Gasteiger partial charge on any atom is -0.490 e. The number of cyclic esters (lactones) is 1. The average Bonchev–Trinajstić information content (AvgIpc) is 3.16. The van der Waals surface area contributed by atoms with Crippen molar-refractivity contribution >= 4 is 90.7 Å². The maximum Gasteiger partial charge on any atom is 0.363 e. The highest BCUT2D eigenvalue weighted by Gasteiger charge is 2.26. The molecule has 0 aliphatic carbocycles. The molecule has 0 N–H and O–H groups in total. The van der Waals surface area contributed by atoms with Crippen molar-refractivity contribution in [2.45, 2.75) is 13.5 Å². The van der Waals surface area contributed by atoms with Gasteiger partial charge in [0.25, 0.3) is 0 Å². The number of rotatable bonds is 7. The molecule has 4 rings (SSSR count). The Labute approximate surface area is 237 Å². The molecule has 3 aromatic carbocycles. The zero-order valence-electron chi connectivity index (χ0n) is 17.8. The van der Waals surface area contributed by atoms with Crippen LogP contribution in [0.2, 0.25) is 5.02 Å². The molecule has 0 spiro atoms. The number of carbonyl (C=O) groups is 1. The number of halogens is 4. The molecular formula is C25H17BrClI2NO4. The van der Waals surface area contributed by atoms with Gasteiger partial charge in [-0.25, -0.2) is 9.79 Å². The first kappa shape index (κ1) is 25.5. The molecule has 34 heavy (non-hydrogen) atoms. The van der Waals surface area contributed by atoms with Crippen molar-refractivity contribution in [3.8, 4) is 11.5 Å². The van der Waals surface area contributed by atoms with Gasteiger partial charge in [-0.3, -0.25) is 0 Å². The Morgan fingerprint density at radius 1 is 1.12 bits per heavy atom. The molecule has 5 nitrogen and oxygen atoms in total. The minimum absolute atomic E-state index is 0.185. The summed E-state index contributed by atoms with van der Waals surface area (Å²) in [6.45, 7) is 2.76. The summed E-state index contributed by atoms with van der Waals surface area (Å²) >= 11 is 14.2. The van der Waals surface area contributed by atoms with Crippen LogP contribution in [-0.4, -0.2) is 18.5 Å². The van der Waals surface area contributed by atoms with Crippen LogP contribution in [0.3, 0.4) is 0 Å². The molecule has 0 saturated heterocycles. The fourth-order valence-electron chi connectivity index (χ4n) is 3.18. The topological polar surface area (TPSA) is 57.1 Å². The Kier molecular flexibility index (Phi) is 8.54. The molecule has 1 aliphatic heterocycles. The van der Waals surface area contributed by atoms with Crippen molar-refractivity contribution in [2.75, 3.05) is 6.61 Å². The predicted octanol–water partition coefficient (Wildman–Crippen LogP) is 7.63. The fraction of sp³-hybridized carbons (Fsp3) is 0.120. The number of carbonyl (C=O) groups excluding carboxylic acids is 1. The van der Waals surface area contributed by atoms with E-state index in [1.807, 2.05) is 55.5 Å². The summed E-state index contributed by atoms with van der Waals surface area (Å²) < 4.78 is 20.1. The van der Waals surface area contributed by atoms with E-state index in [9.17, 15) is 4.79 Å². The van der Waals surface area contributed by atoms with Crippen molar-refractivity contribution in [3.05, 3.63) is 93.6 Å². The summed E-state index contributed by atoms with van der Waals surface area (Å²) in [6, 6.07) is 17.1. The van der Waals surface area contributed by atoms with Crippen molar-refractivity contribution in [1.82, 2.24) is 0 Å². The number of esters is 1. The molecule has 0 atom stereocenters. The monoisotopic (exact) mass is 763 g/mol. The molecule has 0 radical (unpaired) electrons. The molecule has 0 unspecified atom stereocenters. The summed E-state index contributed by atoms with van der Waals surface area (Å²) in [7, 11) is 0. The number of nitrogens with zero attached hydrogens (tertiary/aromatic N) is 1. The van der Waals surface area contributed by atoms with E-state index >= 15 is 0 Å². The van der Waals surface area contributed by atoms with E-state index in [1.54, 1.807) is 12.1 Å². The highest BCUT2D eigenvalue weighted by molar-refractivity contribution is 14.1. The van der Waals surface area contributed by atoms with Gasteiger partial charge in [0.15, 0.2) is 17.2 Å². The lowest BCUT2D eigenvalue weighted by Gasteiger charge is -2.15. The van der Waals surface area contributed by atoms with Crippen molar-refractivity contribution in [3.63, 3.8) is 0 Å². The normalized spacial score (nSPS) is 14.2. The van der Waals surface area contributed by atoms with Gasteiger partial charge in [-0.1, -0.05) is 45.7 Å². The van der Waals surface area contributed by atoms with Gasteiger partial charge in [0, 0.05) is 13.6 Å². The van der Waals surface area contributed by atoms with Crippen LogP contribution in [0.15, 0.2) is 69.8 Å². The van der Waals surface area contributed by atoms with E-state index in [-0.39, 0.29) is 11.6 Å². The van der Waals surface area contributed by atoms with Gasteiger partial charge < -0.3 is 14.2 Å². The Bertz CT molecular complexity index is 1330. The molecule has 1 aliphatic rings. The lowest BCUT2D eigenvalue weighted by atomic mass is 10.1. The van der Waals surface area contributed by atoms with Gasteiger partial charge in [-0.2, -0.15) is 0 Å². The quantitative estimate of drug-likeness (QED) is 0.141. The van der Waals surface area contributed by atoms with E-state index in [0.29, 0.717) is 35.3 Å². The van der Waals surface area contributed by atoms with Crippen LogP contribution < -0.4 is 9.47 Å². The number of aliphatic imine (C=N–C) groups is 1. The molecule has 9 heteroatoms. The summed E-state index contributed by atoms with van der Waals surface area (Å²) in [6.07, 6.45) is 1.67. The molecule has 174 valence electrons. The molecule has 3 aromatic rings. The van der Waals surface area contributed by atoms with Crippen LogP contribution in [0, 0.1) is 7.14 Å². The Morgan fingerprint density at radius 2 is 1.91 bits per heavy atom. The SMILES string of the molecule is CCOc1cc(/C=C2\N=C(c3cc(I)ccc3Cl)OC2=O)cc(I)c1OCc1ccccc1Br. The third kappa shape index (κ3) is 5.95. The zero-order valence-corrected chi connectivity index (χ0v) is 24.4. The van der Waals surface area contributed by atoms with E-state index in [0.717, 1.165) is 22.7 Å². The van der Waals surface area contributed by atoms with Crippen LogP contribution in [0.5, 0.6) is 11.5 Å². The van der Waals surface area contributed by atoms with Gasteiger partial charge in [0.05, 0.1) is 20.8 Å². The van der Waals surface area contributed by atoms with Crippen molar-refractivity contribution in [2.24, 2.45) is 4.99 Å². The maximum absolute atomic E-state index is 12.5. The minimum atomic E-state index is -0.535. The van der Waals surface area contributed by atoms with Crippen LogP contribution in [0.1, 0.15) is 23.6 Å². The van der Waals surface area contributed by atoms with Gasteiger partial charge in [0.1, 0.15) is 6.61 Å². The highest BCUT2D eigenvalue weighted by Crippen LogP contribution is 2.36. The fourth-order valence-corrected chi connectivity index (χ4v) is 5.05. The van der Waals surface area contributed by atoms with Crippen LogP contribution >= 0.6 is 72.7 Å². The van der Waals surface area contributed by atoms with Gasteiger partial charge in [-0.05, 0) is 100 Å². The van der Waals surface area contributed by atoms with Crippen molar-refractivity contribution in [1.29, 1.82) is 0 Å². The van der Waals surface area contributed by atoms with E-state index < -0.39 is 5.97 Å². The molecule has 0 bridgehead atoms. The molecule has 1 heterocycles. The highest BCUT2D eigenvalue weighted by atomic mass is 127. The first-order chi connectivity index (χ1) is 16.4. The van der Waals surface area contributed by atoms with Gasteiger partial charge >= 0.3 is 5.97 Å². The third-order valence-corrected chi connectivity index (χ3v) is 7.32. The molecule has 0 fully saturated rings. The zero-order chi connectivity index (χ0) is 24.2. The Morgan fingerprint density at radius 3 is 2.68 bits per heavy atom. The smallest absolute Gasteiger partial charge is 0.363 e. The second-order valence-corrected chi connectivity index (χ2v) is 10.8. The predicted molar refractivity (Wildman–Crippen MR) is 154 cm³/mol. The largest absolute Gasteiger partial charge is 0.490 e. The van der Waals surface area contributed by atoms with Crippen LogP contribution in [0.25, 0.3) is 6.08 Å². The first-order valence-electron chi connectivity index (χ1n) is 10.2. The summed E-state index contributed by atoms with van der Waals surface area (Å²) in [5, 5.41) is 0.466. The van der Waals surface area contributed by atoms with E-state index in [2.05, 4.69) is 66.1 Å². The Balaban J connectivity index is 1.64. The molecule has 0 saturated carbocycles. The summed E-state index contributed by atoms with van der Waals surface area (Å²) in [5.41, 5.74) is 2.53. The lowest BCUT2D eigenvalue weighted by molar-refractivity contribution is -0.129. The number of ether oxygens (including phenoxy) is 3. The second kappa shape index (κ2) is 11.4. The standard InChI is InChI=1S/C25H17BrClI2NO4/c1-2-32-22-11-14(9-20(29)23(22)33-13-15-5-3-4-6-18(15)26)10-21-25(31)34-24(30-21)17-12-16(28)7-8-19(17)27/h3-12H,2,13H2,1H3/b21-10-. The number of hydrogen-bond donors (Lipinski definition) is 0. The molecule has 0 amide bonds. The number of benzene rings is 3. The summed E-state index contributed by atoms with van der Waals surface area (Å²) in [4.78, 5) is 16.9. The average molecular weight is 765 g/mol. The molecular weight excluding hydrogens is 747 g/mol. The first-order valence-corrected chi connectivity index (χ1v) is 13.5. The van der Waals surface area contributed by atoms with E-state index in [4.69, 9.17) is 25.8 Å². The maximum atomic E-state index is 12.5.